The molecule has 2 aromatic carbocycles. The molecule has 1 fully saturated rings. The highest BCUT2D eigenvalue weighted by Gasteiger charge is 2.22. The number of methoxy groups -OCH3 is 2. The van der Waals surface area contributed by atoms with Crippen LogP contribution in [0, 0.1) is 0 Å². The Morgan fingerprint density at radius 3 is 2.57 bits per heavy atom. The van der Waals surface area contributed by atoms with Crippen molar-refractivity contribution in [1.29, 1.82) is 0 Å². The Kier molecular flexibility index (Phi) is 7.84. The largest absolute Gasteiger partial charge is 0.497 e. The van der Waals surface area contributed by atoms with Crippen molar-refractivity contribution in [1.82, 2.24) is 5.32 Å². The van der Waals surface area contributed by atoms with Gasteiger partial charge in [-0.05, 0) is 35.9 Å². The molecule has 0 radical (unpaired) electrons. The number of rotatable bonds is 9. The number of ether oxygens (including phenoxy) is 4. The quantitative estimate of drug-likeness (QED) is 0.327. The van der Waals surface area contributed by atoms with Crippen LogP contribution in [-0.2, 0) is 4.79 Å². The fourth-order valence-corrected chi connectivity index (χ4v) is 3.97. The number of amides is 1. The number of thioether (sulfide) groups is 1. The van der Waals surface area contributed by atoms with Crippen LogP contribution in [0.3, 0.4) is 0 Å². The van der Waals surface area contributed by atoms with Crippen LogP contribution in [-0.4, -0.2) is 37.7 Å². The molecule has 1 saturated heterocycles. The zero-order valence-electron chi connectivity index (χ0n) is 16.4. The highest BCUT2D eigenvalue weighted by Crippen LogP contribution is 2.38. The summed E-state index contributed by atoms with van der Waals surface area (Å²) in [6, 6.07) is 10.9. The molecular formula is C21H20ClNO5S2. The van der Waals surface area contributed by atoms with Crippen LogP contribution in [0.5, 0.6) is 23.0 Å². The van der Waals surface area contributed by atoms with E-state index in [-0.39, 0.29) is 5.91 Å². The van der Waals surface area contributed by atoms with E-state index in [0.29, 0.717) is 50.9 Å². The minimum atomic E-state index is -0.226. The summed E-state index contributed by atoms with van der Waals surface area (Å²) >= 11 is 12.6. The SMILES string of the molecule is COc1cccc(OCCCOc2c(Cl)cc(/C=C3/SC(=S)NC3=O)cc2OC)c1. The predicted molar refractivity (Wildman–Crippen MR) is 123 cm³/mol. The normalized spacial score (nSPS) is 14.6. The van der Waals surface area contributed by atoms with Gasteiger partial charge < -0.3 is 24.3 Å². The number of carbonyl (C=O) groups excluding carboxylic acids is 1. The lowest BCUT2D eigenvalue weighted by Gasteiger charge is -2.14. The standard InChI is InChI=1S/C21H20ClNO5S2/c1-25-14-5-3-6-15(12-14)27-7-4-8-28-19-16(22)9-13(10-17(19)26-2)11-18-20(24)23-21(29)30-18/h3,5-6,9-12H,4,7-8H2,1-2H3,(H,23,24,29)/b18-11+. The summed E-state index contributed by atoms with van der Waals surface area (Å²) < 4.78 is 22.5. The van der Waals surface area contributed by atoms with E-state index in [1.54, 1.807) is 25.3 Å². The minimum Gasteiger partial charge on any atom is -0.497 e. The first-order valence-electron chi connectivity index (χ1n) is 9.02. The van der Waals surface area contributed by atoms with Crippen LogP contribution in [0.2, 0.25) is 5.02 Å². The smallest absolute Gasteiger partial charge is 0.263 e. The lowest BCUT2D eigenvalue weighted by atomic mass is 10.2. The van der Waals surface area contributed by atoms with Gasteiger partial charge in [0.1, 0.15) is 15.8 Å². The molecule has 0 unspecified atom stereocenters. The Morgan fingerprint density at radius 1 is 1.10 bits per heavy atom. The Balaban J connectivity index is 1.58. The van der Waals surface area contributed by atoms with Crippen LogP contribution in [0.25, 0.3) is 6.08 Å². The van der Waals surface area contributed by atoms with Crippen LogP contribution >= 0.6 is 35.6 Å². The first kappa shape index (κ1) is 22.3. The second-order valence-corrected chi connectivity index (χ2v) is 8.24. The van der Waals surface area contributed by atoms with Crippen molar-refractivity contribution in [2.45, 2.75) is 6.42 Å². The highest BCUT2D eigenvalue weighted by molar-refractivity contribution is 8.26. The molecule has 0 bridgehead atoms. The molecule has 1 N–H and O–H groups in total. The lowest BCUT2D eigenvalue weighted by molar-refractivity contribution is -0.115. The molecular weight excluding hydrogens is 446 g/mol. The average molecular weight is 466 g/mol. The van der Waals surface area contributed by atoms with Crippen LogP contribution in [0.4, 0.5) is 0 Å². The van der Waals surface area contributed by atoms with Gasteiger partial charge in [-0.25, -0.2) is 0 Å². The summed E-state index contributed by atoms with van der Waals surface area (Å²) in [5.41, 5.74) is 0.716. The number of carbonyl (C=O) groups is 1. The molecule has 2 aromatic rings. The van der Waals surface area contributed by atoms with Crippen molar-refractivity contribution in [2.75, 3.05) is 27.4 Å². The maximum absolute atomic E-state index is 11.8. The average Bonchev–Trinajstić information content (AvgIpc) is 3.05. The highest BCUT2D eigenvalue weighted by atomic mass is 35.5. The predicted octanol–water partition coefficient (Wildman–Crippen LogP) is 4.69. The van der Waals surface area contributed by atoms with Crippen molar-refractivity contribution in [2.24, 2.45) is 0 Å². The second-order valence-electron chi connectivity index (χ2n) is 6.12. The monoisotopic (exact) mass is 465 g/mol. The number of benzene rings is 2. The van der Waals surface area contributed by atoms with Gasteiger partial charge in [0.05, 0.1) is 37.4 Å². The molecule has 1 heterocycles. The van der Waals surface area contributed by atoms with Gasteiger partial charge in [-0.2, -0.15) is 0 Å². The molecule has 9 heteroatoms. The lowest BCUT2D eigenvalue weighted by Crippen LogP contribution is -2.17. The van der Waals surface area contributed by atoms with Gasteiger partial charge in [0.2, 0.25) is 0 Å². The summed E-state index contributed by atoms with van der Waals surface area (Å²) in [5, 5.41) is 2.97. The third-order valence-electron chi connectivity index (χ3n) is 4.04. The maximum Gasteiger partial charge on any atom is 0.263 e. The second kappa shape index (κ2) is 10.6. The van der Waals surface area contributed by atoms with Gasteiger partial charge in [-0.3, -0.25) is 4.79 Å². The summed E-state index contributed by atoms with van der Waals surface area (Å²) in [6.07, 6.45) is 2.36. The van der Waals surface area contributed by atoms with Gasteiger partial charge in [-0.1, -0.05) is 41.6 Å². The summed E-state index contributed by atoms with van der Waals surface area (Å²) in [5.74, 6) is 2.17. The van der Waals surface area contributed by atoms with Crippen LogP contribution < -0.4 is 24.3 Å². The minimum absolute atomic E-state index is 0.226. The molecule has 0 saturated carbocycles. The van der Waals surface area contributed by atoms with Gasteiger partial charge >= 0.3 is 0 Å². The van der Waals surface area contributed by atoms with Gasteiger partial charge in [0.25, 0.3) is 5.91 Å². The molecule has 30 heavy (non-hydrogen) atoms. The van der Waals surface area contributed by atoms with E-state index in [1.807, 2.05) is 24.3 Å². The van der Waals surface area contributed by atoms with Crippen LogP contribution in [0.1, 0.15) is 12.0 Å². The zero-order chi connectivity index (χ0) is 21.5. The summed E-state index contributed by atoms with van der Waals surface area (Å²) in [4.78, 5) is 12.3. The van der Waals surface area contributed by atoms with Crippen molar-refractivity contribution < 1.29 is 23.7 Å². The number of nitrogens with one attached hydrogen (secondary N) is 1. The molecule has 3 rings (SSSR count). The molecule has 0 aromatic heterocycles. The molecule has 1 aliphatic rings. The molecule has 6 nitrogen and oxygen atoms in total. The molecule has 0 spiro atoms. The molecule has 1 amide bonds. The number of hydrogen-bond donors (Lipinski definition) is 1. The Morgan fingerprint density at radius 2 is 1.87 bits per heavy atom. The maximum atomic E-state index is 11.8. The van der Waals surface area contributed by atoms with E-state index in [1.165, 1.54) is 18.9 Å². The molecule has 1 aliphatic heterocycles. The van der Waals surface area contributed by atoms with Crippen molar-refractivity contribution >= 4 is 51.9 Å². The van der Waals surface area contributed by atoms with Crippen LogP contribution in [0.15, 0.2) is 41.3 Å². The van der Waals surface area contributed by atoms with E-state index in [9.17, 15) is 4.79 Å². The Hall–Kier alpha value is -2.42. The Bertz CT molecular complexity index is 980. The van der Waals surface area contributed by atoms with Gasteiger partial charge in [0.15, 0.2) is 11.5 Å². The first-order chi connectivity index (χ1) is 14.5. The Labute approximate surface area is 189 Å². The molecule has 0 aliphatic carbocycles. The fourth-order valence-electron chi connectivity index (χ4n) is 2.65. The van der Waals surface area contributed by atoms with E-state index in [4.69, 9.17) is 42.8 Å². The molecule has 158 valence electrons. The fraction of sp³-hybridized carbons (Fsp3) is 0.238. The van der Waals surface area contributed by atoms with E-state index in [2.05, 4.69) is 5.32 Å². The zero-order valence-corrected chi connectivity index (χ0v) is 18.8. The summed E-state index contributed by atoms with van der Waals surface area (Å²) in [7, 11) is 3.15. The number of hydrogen-bond acceptors (Lipinski definition) is 7. The first-order valence-corrected chi connectivity index (χ1v) is 10.6. The summed E-state index contributed by atoms with van der Waals surface area (Å²) in [6.45, 7) is 0.872. The van der Waals surface area contributed by atoms with E-state index < -0.39 is 0 Å². The topological polar surface area (TPSA) is 66.0 Å². The van der Waals surface area contributed by atoms with E-state index in [0.717, 1.165) is 11.5 Å². The molecule has 0 atom stereocenters. The third kappa shape index (κ3) is 5.81. The van der Waals surface area contributed by atoms with Crippen molar-refractivity contribution in [3.8, 4) is 23.0 Å². The van der Waals surface area contributed by atoms with Crippen molar-refractivity contribution in [3.05, 3.63) is 51.9 Å². The number of halogens is 1. The van der Waals surface area contributed by atoms with Gasteiger partial charge in [-0.15, -0.1) is 0 Å². The number of thiocarbonyl (C=S) groups is 1. The van der Waals surface area contributed by atoms with Gasteiger partial charge in [0, 0.05) is 12.5 Å². The third-order valence-corrected chi connectivity index (χ3v) is 5.48. The van der Waals surface area contributed by atoms with Crippen molar-refractivity contribution in [3.63, 3.8) is 0 Å². The van der Waals surface area contributed by atoms with E-state index >= 15 is 0 Å².